The van der Waals surface area contributed by atoms with Crippen molar-refractivity contribution >= 4 is 23.2 Å². The maximum Gasteiger partial charge on any atom is 0.166 e. The molecule has 0 aliphatic heterocycles. The zero-order valence-electron chi connectivity index (χ0n) is 7.73. The van der Waals surface area contributed by atoms with Crippen LogP contribution >= 0.6 is 23.2 Å². The molecular weight excluding hydrogens is 226 g/mol. The summed E-state index contributed by atoms with van der Waals surface area (Å²) in [6.07, 6.45) is 1.64. The van der Waals surface area contributed by atoms with Crippen LogP contribution in [-0.2, 0) is 0 Å². The van der Waals surface area contributed by atoms with Crippen LogP contribution in [0.1, 0.15) is 31.4 Å². The lowest BCUT2D eigenvalue weighted by atomic mass is 10.1. The van der Waals surface area contributed by atoms with Crippen molar-refractivity contribution in [1.82, 2.24) is 4.98 Å². The standard InChI is InChI=1S/C9H11Cl2FN2/c1-2-3-7(13)5-4-6(12)9(11)14-8(5)10/h4,7H,2-3,13H2,1H3/t7-/m0/s1. The zero-order valence-corrected chi connectivity index (χ0v) is 9.24. The molecule has 1 aromatic heterocycles. The van der Waals surface area contributed by atoms with Crippen LogP contribution in [0, 0.1) is 5.82 Å². The SMILES string of the molecule is CCC[C@H](N)c1cc(F)c(Cl)nc1Cl. The van der Waals surface area contributed by atoms with Gasteiger partial charge in [0.15, 0.2) is 11.0 Å². The zero-order chi connectivity index (χ0) is 10.7. The fraction of sp³-hybridized carbons (Fsp3) is 0.444. The largest absolute Gasteiger partial charge is 0.324 e. The summed E-state index contributed by atoms with van der Waals surface area (Å²) in [5.74, 6) is -0.586. The molecule has 14 heavy (non-hydrogen) atoms. The van der Waals surface area contributed by atoms with E-state index in [4.69, 9.17) is 28.9 Å². The van der Waals surface area contributed by atoms with E-state index >= 15 is 0 Å². The van der Waals surface area contributed by atoms with Crippen molar-refractivity contribution in [2.45, 2.75) is 25.8 Å². The van der Waals surface area contributed by atoms with Crippen LogP contribution in [0.25, 0.3) is 0 Å². The Balaban J connectivity index is 3.02. The van der Waals surface area contributed by atoms with Gasteiger partial charge in [0.2, 0.25) is 0 Å². The van der Waals surface area contributed by atoms with Crippen LogP contribution in [0.15, 0.2) is 6.07 Å². The Hall–Kier alpha value is -0.380. The molecule has 2 N–H and O–H groups in total. The van der Waals surface area contributed by atoms with Gasteiger partial charge in [0.25, 0.3) is 0 Å². The molecule has 0 fully saturated rings. The van der Waals surface area contributed by atoms with Gasteiger partial charge in [-0.05, 0) is 12.5 Å². The summed E-state index contributed by atoms with van der Waals surface area (Å²) in [7, 11) is 0. The molecule has 1 rings (SSSR count). The normalized spacial score (nSPS) is 12.9. The van der Waals surface area contributed by atoms with Gasteiger partial charge < -0.3 is 5.73 Å². The Bertz CT molecular complexity index is 331. The van der Waals surface area contributed by atoms with Crippen LogP contribution in [0.3, 0.4) is 0 Å². The number of rotatable bonds is 3. The summed E-state index contributed by atoms with van der Waals surface area (Å²) in [5, 5.41) is -0.0419. The average molecular weight is 237 g/mol. The first-order valence-electron chi connectivity index (χ1n) is 4.33. The Kier molecular flexibility index (Phi) is 4.11. The summed E-state index contributed by atoms with van der Waals surface area (Å²) in [5.41, 5.74) is 6.30. The van der Waals surface area contributed by atoms with Crippen molar-refractivity contribution in [2.75, 3.05) is 0 Å². The Labute approximate surface area is 92.2 Å². The van der Waals surface area contributed by atoms with Gasteiger partial charge >= 0.3 is 0 Å². The first-order valence-corrected chi connectivity index (χ1v) is 5.08. The van der Waals surface area contributed by atoms with Crippen LogP contribution in [0.4, 0.5) is 4.39 Å². The molecule has 1 atom stereocenters. The van der Waals surface area contributed by atoms with Gasteiger partial charge in [-0.1, -0.05) is 36.5 Å². The van der Waals surface area contributed by atoms with E-state index in [2.05, 4.69) is 4.98 Å². The van der Waals surface area contributed by atoms with Gasteiger partial charge in [-0.2, -0.15) is 0 Å². The van der Waals surface area contributed by atoms with Gasteiger partial charge in [-0.25, -0.2) is 9.37 Å². The first-order chi connectivity index (χ1) is 6.56. The van der Waals surface area contributed by atoms with Gasteiger partial charge in [-0.3, -0.25) is 0 Å². The lowest BCUT2D eigenvalue weighted by molar-refractivity contribution is 0.598. The lowest BCUT2D eigenvalue weighted by Crippen LogP contribution is -2.11. The number of nitrogens with two attached hydrogens (primary N) is 1. The van der Waals surface area contributed by atoms with E-state index in [-0.39, 0.29) is 16.3 Å². The molecule has 5 heteroatoms. The molecule has 0 bridgehead atoms. The predicted octanol–water partition coefficient (Wildman–Crippen LogP) is 3.33. The molecule has 0 amide bonds. The molecule has 1 aromatic rings. The highest BCUT2D eigenvalue weighted by molar-refractivity contribution is 6.33. The summed E-state index contributed by atoms with van der Waals surface area (Å²) in [6, 6.07) is 0.963. The molecule has 0 aliphatic carbocycles. The maximum atomic E-state index is 13.1. The number of aromatic nitrogens is 1. The first kappa shape index (κ1) is 11.7. The molecule has 1 heterocycles. The summed E-state index contributed by atoms with van der Waals surface area (Å²) < 4.78 is 13.1. The van der Waals surface area contributed by atoms with Crippen molar-refractivity contribution in [3.05, 3.63) is 27.8 Å². The maximum absolute atomic E-state index is 13.1. The molecular formula is C9H11Cl2FN2. The minimum absolute atomic E-state index is 0.178. The molecule has 0 saturated heterocycles. The fourth-order valence-corrected chi connectivity index (χ4v) is 1.65. The van der Waals surface area contributed by atoms with E-state index in [1.165, 1.54) is 6.07 Å². The van der Waals surface area contributed by atoms with Crippen LogP contribution in [0.5, 0.6) is 0 Å². The van der Waals surface area contributed by atoms with E-state index in [1.54, 1.807) is 0 Å². The van der Waals surface area contributed by atoms with E-state index in [0.717, 1.165) is 12.8 Å². The third-order valence-electron chi connectivity index (χ3n) is 1.91. The number of hydrogen-bond acceptors (Lipinski definition) is 2. The molecule has 0 saturated carbocycles. The molecule has 0 radical (unpaired) electrons. The highest BCUT2D eigenvalue weighted by Gasteiger charge is 2.14. The van der Waals surface area contributed by atoms with Gasteiger partial charge in [-0.15, -0.1) is 0 Å². The van der Waals surface area contributed by atoms with E-state index < -0.39 is 5.82 Å². The Morgan fingerprint density at radius 1 is 1.50 bits per heavy atom. The van der Waals surface area contributed by atoms with Gasteiger partial charge in [0.1, 0.15) is 5.15 Å². The third-order valence-corrected chi connectivity index (χ3v) is 2.48. The van der Waals surface area contributed by atoms with E-state index in [1.807, 2.05) is 6.92 Å². The number of pyridine rings is 1. The van der Waals surface area contributed by atoms with Crippen molar-refractivity contribution < 1.29 is 4.39 Å². The molecule has 0 spiro atoms. The highest BCUT2D eigenvalue weighted by Crippen LogP contribution is 2.26. The Morgan fingerprint density at radius 3 is 2.71 bits per heavy atom. The van der Waals surface area contributed by atoms with Crippen molar-refractivity contribution in [1.29, 1.82) is 0 Å². The highest BCUT2D eigenvalue weighted by atomic mass is 35.5. The Morgan fingerprint density at radius 2 is 2.14 bits per heavy atom. The number of hydrogen-bond donors (Lipinski definition) is 1. The smallest absolute Gasteiger partial charge is 0.166 e. The third kappa shape index (κ3) is 2.56. The minimum atomic E-state index is -0.586. The van der Waals surface area contributed by atoms with E-state index in [0.29, 0.717) is 5.56 Å². The van der Waals surface area contributed by atoms with Crippen LogP contribution in [0.2, 0.25) is 10.3 Å². The van der Waals surface area contributed by atoms with Gasteiger partial charge in [0.05, 0.1) is 0 Å². The second-order valence-electron chi connectivity index (χ2n) is 3.04. The predicted molar refractivity (Wildman–Crippen MR) is 56.1 cm³/mol. The molecule has 0 aromatic carbocycles. The second-order valence-corrected chi connectivity index (χ2v) is 3.75. The van der Waals surface area contributed by atoms with Crippen molar-refractivity contribution in [3.63, 3.8) is 0 Å². The summed E-state index contributed by atoms with van der Waals surface area (Å²) in [4.78, 5) is 3.65. The molecule has 0 aliphatic rings. The van der Waals surface area contributed by atoms with Gasteiger partial charge in [0, 0.05) is 11.6 Å². The molecule has 0 unspecified atom stereocenters. The average Bonchev–Trinajstić information content (AvgIpc) is 2.11. The van der Waals surface area contributed by atoms with Crippen molar-refractivity contribution in [3.8, 4) is 0 Å². The monoisotopic (exact) mass is 236 g/mol. The minimum Gasteiger partial charge on any atom is -0.324 e. The fourth-order valence-electron chi connectivity index (χ4n) is 1.19. The van der Waals surface area contributed by atoms with E-state index in [9.17, 15) is 4.39 Å². The number of nitrogens with zero attached hydrogens (tertiary/aromatic N) is 1. The van der Waals surface area contributed by atoms with Crippen LogP contribution in [-0.4, -0.2) is 4.98 Å². The second kappa shape index (κ2) is 4.91. The molecule has 2 nitrogen and oxygen atoms in total. The summed E-state index contributed by atoms with van der Waals surface area (Å²) in [6.45, 7) is 1.99. The number of halogens is 3. The summed E-state index contributed by atoms with van der Waals surface area (Å²) >= 11 is 11.2. The topological polar surface area (TPSA) is 38.9 Å². The van der Waals surface area contributed by atoms with Crippen LogP contribution < -0.4 is 5.73 Å². The lowest BCUT2D eigenvalue weighted by Gasteiger charge is -2.12. The van der Waals surface area contributed by atoms with Crippen molar-refractivity contribution in [2.24, 2.45) is 5.73 Å². The molecule has 78 valence electrons. The quantitative estimate of drug-likeness (QED) is 0.819.